The second-order valence-corrected chi connectivity index (χ2v) is 6.80. The van der Waals surface area contributed by atoms with E-state index in [1.54, 1.807) is 25.5 Å². The van der Waals surface area contributed by atoms with Gasteiger partial charge < -0.3 is 15.4 Å². The summed E-state index contributed by atoms with van der Waals surface area (Å²) < 4.78 is 5.55. The van der Waals surface area contributed by atoms with Gasteiger partial charge in [-0.05, 0) is 24.1 Å². The van der Waals surface area contributed by atoms with Gasteiger partial charge in [-0.2, -0.15) is 0 Å². The molecule has 1 heterocycles. The standard InChI is InChI=1S/C17H23ClN4OS/c1-4-14-9-20-16(24-14)11-22-17(19-2)21-10-15(23-3)12-6-5-7-13(18)8-12/h5-9,15H,4,10-11H2,1-3H3,(H2,19,21,22). The second-order valence-electron chi connectivity index (χ2n) is 5.16. The number of hydrogen-bond donors (Lipinski definition) is 2. The number of aryl methyl sites for hydroxylation is 1. The Labute approximate surface area is 152 Å². The maximum atomic E-state index is 6.05. The summed E-state index contributed by atoms with van der Waals surface area (Å²) >= 11 is 7.77. The molecule has 7 heteroatoms. The third-order valence-electron chi connectivity index (χ3n) is 3.54. The summed E-state index contributed by atoms with van der Waals surface area (Å²) in [6.07, 6.45) is 2.84. The van der Waals surface area contributed by atoms with Gasteiger partial charge in [0.05, 0.1) is 12.6 Å². The van der Waals surface area contributed by atoms with Gasteiger partial charge in [0.25, 0.3) is 0 Å². The van der Waals surface area contributed by atoms with E-state index in [2.05, 4.69) is 27.5 Å². The second kappa shape index (κ2) is 9.61. The minimum absolute atomic E-state index is 0.103. The molecule has 0 bridgehead atoms. The molecular weight excluding hydrogens is 344 g/mol. The van der Waals surface area contributed by atoms with Crippen molar-refractivity contribution in [2.75, 3.05) is 20.7 Å². The van der Waals surface area contributed by atoms with Crippen molar-refractivity contribution >= 4 is 28.9 Å². The first-order valence-corrected chi connectivity index (χ1v) is 9.02. The summed E-state index contributed by atoms with van der Waals surface area (Å²) in [7, 11) is 3.43. The molecule has 0 aliphatic heterocycles. The lowest BCUT2D eigenvalue weighted by Crippen LogP contribution is -2.39. The SMILES string of the molecule is CCc1cnc(CNC(=NC)NCC(OC)c2cccc(Cl)c2)s1. The molecule has 1 aromatic heterocycles. The highest BCUT2D eigenvalue weighted by Crippen LogP contribution is 2.19. The van der Waals surface area contributed by atoms with E-state index in [1.807, 2.05) is 30.5 Å². The van der Waals surface area contributed by atoms with Crippen LogP contribution in [0, 0.1) is 0 Å². The first kappa shape index (κ1) is 18.7. The van der Waals surface area contributed by atoms with Gasteiger partial charge in [0, 0.05) is 36.8 Å². The lowest BCUT2D eigenvalue weighted by molar-refractivity contribution is 0.106. The van der Waals surface area contributed by atoms with Crippen molar-refractivity contribution < 1.29 is 4.74 Å². The van der Waals surface area contributed by atoms with Crippen molar-refractivity contribution in [3.63, 3.8) is 0 Å². The smallest absolute Gasteiger partial charge is 0.191 e. The Kier molecular flexibility index (Phi) is 7.49. The summed E-state index contributed by atoms with van der Waals surface area (Å²) in [5.41, 5.74) is 1.03. The molecule has 0 spiro atoms. The van der Waals surface area contributed by atoms with Gasteiger partial charge in [0.15, 0.2) is 5.96 Å². The van der Waals surface area contributed by atoms with E-state index in [4.69, 9.17) is 16.3 Å². The quantitative estimate of drug-likeness (QED) is 0.582. The van der Waals surface area contributed by atoms with Crippen LogP contribution in [0.3, 0.4) is 0 Å². The Morgan fingerprint density at radius 1 is 1.42 bits per heavy atom. The highest BCUT2D eigenvalue weighted by Gasteiger charge is 2.12. The molecule has 24 heavy (non-hydrogen) atoms. The van der Waals surface area contributed by atoms with Gasteiger partial charge >= 0.3 is 0 Å². The summed E-state index contributed by atoms with van der Waals surface area (Å²) in [6, 6.07) is 7.68. The van der Waals surface area contributed by atoms with Crippen LogP contribution in [0.15, 0.2) is 35.5 Å². The molecule has 0 aliphatic carbocycles. The normalized spacial score (nSPS) is 12.9. The van der Waals surface area contributed by atoms with E-state index in [9.17, 15) is 0 Å². The van der Waals surface area contributed by atoms with Crippen molar-refractivity contribution in [1.82, 2.24) is 15.6 Å². The van der Waals surface area contributed by atoms with Crippen molar-refractivity contribution in [2.24, 2.45) is 4.99 Å². The maximum Gasteiger partial charge on any atom is 0.191 e. The molecule has 2 rings (SSSR count). The van der Waals surface area contributed by atoms with Gasteiger partial charge in [-0.15, -0.1) is 11.3 Å². The van der Waals surface area contributed by atoms with Crippen molar-refractivity contribution in [1.29, 1.82) is 0 Å². The average molecular weight is 367 g/mol. The van der Waals surface area contributed by atoms with Crippen LogP contribution in [0.1, 0.15) is 28.5 Å². The largest absolute Gasteiger partial charge is 0.375 e. The molecule has 0 radical (unpaired) electrons. The minimum atomic E-state index is -0.103. The molecule has 0 aliphatic rings. The average Bonchev–Trinajstić information content (AvgIpc) is 3.06. The summed E-state index contributed by atoms with van der Waals surface area (Å²) in [4.78, 5) is 9.92. The third kappa shape index (κ3) is 5.47. The zero-order chi connectivity index (χ0) is 17.4. The number of hydrogen-bond acceptors (Lipinski definition) is 4. The Bertz CT molecular complexity index is 674. The number of aromatic nitrogens is 1. The van der Waals surface area contributed by atoms with Crippen LogP contribution in [0.25, 0.3) is 0 Å². The summed E-state index contributed by atoms with van der Waals surface area (Å²) in [5, 5.41) is 8.30. The van der Waals surface area contributed by atoms with Gasteiger partial charge in [-0.25, -0.2) is 4.98 Å². The zero-order valence-electron chi connectivity index (χ0n) is 14.2. The third-order valence-corrected chi connectivity index (χ3v) is 4.92. The van der Waals surface area contributed by atoms with Crippen LogP contribution in [-0.4, -0.2) is 31.6 Å². The van der Waals surface area contributed by atoms with E-state index >= 15 is 0 Å². The van der Waals surface area contributed by atoms with E-state index in [0.29, 0.717) is 24.1 Å². The molecule has 0 saturated carbocycles. The molecule has 5 nitrogen and oxygen atoms in total. The van der Waals surface area contributed by atoms with Gasteiger partial charge in [0.1, 0.15) is 5.01 Å². The van der Waals surface area contributed by atoms with Crippen molar-refractivity contribution in [2.45, 2.75) is 26.0 Å². The first-order chi connectivity index (χ1) is 11.7. The molecule has 0 fully saturated rings. The van der Waals surface area contributed by atoms with Gasteiger partial charge in [-0.3, -0.25) is 4.99 Å². The molecular formula is C17H23ClN4OS. The predicted molar refractivity (Wildman–Crippen MR) is 101 cm³/mol. The minimum Gasteiger partial charge on any atom is -0.375 e. The fourth-order valence-corrected chi connectivity index (χ4v) is 3.21. The zero-order valence-corrected chi connectivity index (χ0v) is 15.7. The molecule has 130 valence electrons. The predicted octanol–water partition coefficient (Wildman–Crippen LogP) is 3.41. The number of methoxy groups -OCH3 is 1. The van der Waals surface area contributed by atoms with Crippen molar-refractivity contribution in [3.8, 4) is 0 Å². The molecule has 1 aromatic carbocycles. The number of aliphatic imine (C=N–C) groups is 1. The van der Waals surface area contributed by atoms with Crippen LogP contribution in [0.4, 0.5) is 0 Å². The number of nitrogens with zero attached hydrogens (tertiary/aromatic N) is 2. The van der Waals surface area contributed by atoms with E-state index in [-0.39, 0.29) is 6.10 Å². The Morgan fingerprint density at radius 2 is 2.25 bits per heavy atom. The number of thiazole rings is 1. The Hall–Kier alpha value is -1.63. The van der Waals surface area contributed by atoms with Crippen LogP contribution in [0.2, 0.25) is 5.02 Å². The lowest BCUT2D eigenvalue weighted by Gasteiger charge is -2.18. The monoisotopic (exact) mass is 366 g/mol. The maximum absolute atomic E-state index is 6.05. The lowest BCUT2D eigenvalue weighted by atomic mass is 10.1. The first-order valence-electron chi connectivity index (χ1n) is 7.82. The number of guanidine groups is 1. The topological polar surface area (TPSA) is 58.5 Å². The summed E-state index contributed by atoms with van der Waals surface area (Å²) in [5.74, 6) is 0.715. The van der Waals surface area contributed by atoms with Crippen LogP contribution >= 0.6 is 22.9 Å². The van der Waals surface area contributed by atoms with E-state index in [0.717, 1.165) is 17.0 Å². The molecule has 0 amide bonds. The van der Waals surface area contributed by atoms with Crippen LogP contribution in [-0.2, 0) is 17.7 Å². The number of benzene rings is 1. The van der Waals surface area contributed by atoms with Crippen LogP contribution < -0.4 is 10.6 Å². The molecule has 0 saturated heterocycles. The number of ether oxygens (including phenoxy) is 1. The molecule has 1 atom stereocenters. The fourth-order valence-electron chi connectivity index (χ4n) is 2.21. The highest BCUT2D eigenvalue weighted by molar-refractivity contribution is 7.11. The Balaban J connectivity index is 1.87. The van der Waals surface area contributed by atoms with E-state index < -0.39 is 0 Å². The summed E-state index contributed by atoms with van der Waals surface area (Å²) in [6.45, 7) is 3.37. The molecule has 1 unspecified atom stereocenters. The van der Waals surface area contributed by atoms with Crippen LogP contribution in [0.5, 0.6) is 0 Å². The Morgan fingerprint density at radius 3 is 2.88 bits per heavy atom. The highest BCUT2D eigenvalue weighted by atomic mass is 35.5. The fraction of sp³-hybridized carbons (Fsp3) is 0.412. The molecule has 2 N–H and O–H groups in total. The number of nitrogens with one attached hydrogen (secondary N) is 2. The molecule has 2 aromatic rings. The number of rotatable bonds is 7. The van der Waals surface area contributed by atoms with Gasteiger partial charge in [-0.1, -0.05) is 30.7 Å². The van der Waals surface area contributed by atoms with Crippen molar-refractivity contribution in [3.05, 3.63) is 50.9 Å². The number of halogens is 1. The van der Waals surface area contributed by atoms with Gasteiger partial charge in [0.2, 0.25) is 0 Å². The van der Waals surface area contributed by atoms with E-state index in [1.165, 1.54) is 4.88 Å².